The van der Waals surface area contributed by atoms with E-state index in [1.54, 1.807) is 0 Å². The van der Waals surface area contributed by atoms with Crippen molar-refractivity contribution in [1.82, 2.24) is 10.3 Å². The first-order valence-electron chi connectivity index (χ1n) is 8.66. The minimum absolute atomic E-state index is 0.234. The zero-order chi connectivity index (χ0) is 21.2. The van der Waals surface area contributed by atoms with Crippen molar-refractivity contribution in [1.29, 1.82) is 0 Å². The summed E-state index contributed by atoms with van der Waals surface area (Å²) >= 11 is 11.9. The molecular weight excluding hydrogens is 430 g/mol. The third-order valence-corrected chi connectivity index (χ3v) is 4.92. The summed E-state index contributed by atoms with van der Waals surface area (Å²) in [4.78, 5) is 26.7. The summed E-state index contributed by atoms with van der Waals surface area (Å²) in [5.74, 6) is -1.04. The van der Waals surface area contributed by atoms with Crippen molar-refractivity contribution in [3.8, 4) is 0 Å². The molecule has 154 valence electrons. The van der Waals surface area contributed by atoms with Crippen LogP contribution in [-0.2, 0) is 11.0 Å². The van der Waals surface area contributed by atoms with Gasteiger partial charge in [0.2, 0.25) is 0 Å². The number of rotatable bonds is 4. The predicted molar refractivity (Wildman–Crippen MR) is 104 cm³/mol. The monoisotopic (exact) mass is 445 g/mol. The van der Waals surface area contributed by atoms with E-state index in [1.807, 2.05) is 0 Å². The predicted octanol–water partition coefficient (Wildman–Crippen LogP) is 4.76. The number of anilines is 1. The van der Waals surface area contributed by atoms with E-state index in [0.717, 1.165) is 6.07 Å². The Morgan fingerprint density at radius 1 is 1.07 bits per heavy atom. The van der Waals surface area contributed by atoms with E-state index in [4.69, 9.17) is 23.2 Å². The molecule has 10 heteroatoms. The summed E-state index contributed by atoms with van der Waals surface area (Å²) < 4.78 is 39.2. The number of carbonyl (C=O) groups excluding carboxylic acids is 2. The summed E-state index contributed by atoms with van der Waals surface area (Å²) in [5.41, 5.74) is 3.63. The van der Waals surface area contributed by atoms with Gasteiger partial charge in [0, 0.05) is 22.2 Å². The average Bonchev–Trinajstić information content (AvgIpc) is 3.14. The molecule has 3 rings (SSSR count). The molecule has 1 aliphatic heterocycles. The van der Waals surface area contributed by atoms with Gasteiger partial charge in [0.1, 0.15) is 6.04 Å². The van der Waals surface area contributed by atoms with Gasteiger partial charge in [0.25, 0.3) is 11.8 Å². The van der Waals surface area contributed by atoms with Crippen LogP contribution < -0.4 is 10.9 Å². The van der Waals surface area contributed by atoms with E-state index < -0.39 is 29.6 Å². The maximum Gasteiger partial charge on any atom is 0.418 e. The highest BCUT2D eigenvalue weighted by molar-refractivity contribution is 6.35. The molecule has 0 aromatic heterocycles. The Morgan fingerprint density at radius 3 is 2.38 bits per heavy atom. The Kier molecular flexibility index (Phi) is 6.24. The molecule has 1 atom stereocenters. The number of benzene rings is 2. The van der Waals surface area contributed by atoms with Gasteiger partial charge in [0.15, 0.2) is 0 Å². The lowest BCUT2D eigenvalue weighted by molar-refractivity contribution is -0.137. The topological polar surface area (TPSA) is 61.4 Å². The smallest absolute Gasteiger partial charge is 0.327 e. The molecule has 0 radical (unpaired) electrons. The van der Waals surface area contributed by atoms with Crippen LogP contribution in [0.5, 0.6) is 0 Å². The fourth-order valence-corrected chi connectivity index (χ4v) is 3.70. The SMILES string of the molecule is O=C(NNc1ccccc1C(F)(F)F)C1CCCN1C(=O)c1cc(Cl)cc(Cl)c1. The maximum absolute atomic E-state index is 13.1. The van der Waals surface area contributed by atoms with Gasteiger partial charge in [-0.1, -0.05) is 35.3 Å². The van der Waals surface area contributed by atoms with Crippen molar-refractivity contribution in [3.63, 3.8) is 0 Å². The molecule has 2 amide bonds. The van der Waals surface area contributed by atoms with Crippen molar-refractivity contribution in [2.24, 2.45) is 0 Å². The van der Waals surface area contributed by atoms with Crippen LogP contribution in [0.4, 0.5) is 18.9 Å². The number of carbonyl (C=O) groups is 2. The number of amides is 2. The molecule has 1 aliphatic rings. The lowest BCUT2D eigenvalue weighted by Gasteiger charge is -2.25. The molecule has 0 aliphatic carbocycles. The third-order valence-electron chi connectivity index (χ3n) is 4.48. The highest BCUT2D eigenvalue weighted by Crippen LogP contribution is 2.34. The standard InChI is InChI=1S/C19H16Cl2F3N3O2/c20-12-8-11(9-13(21)10-12)18(29)27-7-3-6-16(27)17(28)26-25-15-5-2-1-4-14(15)19(22,23)24/h1-2,4-5,8-10,16,25H,3,6-7H2,(H,26,28). The van der Waals surface area contributed by atoms with Crippen LogP contribution in [0.2, 0.25) is 10.0 Å². The second-order valence-corrected chi connectivity index (χ2v) is 7.35. The Morgan fingerprint density at radius 2 is 1.72 bits per heavy atom. The number of hydrogen-bond donors (Lipinski definition) is 2. The number of hydrazine groups is 1. The summed E-state index contributed by atoms with van der Waals surface area (Å²) in [7, 11) is 0. The molecular formula is C19H16Cl2F3N3O2. The van der Waals surface area contributed by atoms with Gasteiger partial charge in [0.05, 0.1) is 11.3 Å². The second-order valence-electron chi connectivity index (χ2n) is 6.47. The van der Waals surface area contributed by atoms with Gasteiger partial charge in [-0.05, 0) is 43.2 Å². The number of hydrogen-bond acceptors (Lipinski definition) is 3. The Bertz CT molecular complexity index is 917. The van der Waals surface area contributed by atoms with Gasteiger partial charge in [-0.15, -0.1) is 0 Å². The molecule has 29 heavy (non-hydrogen) atoms. The summed E-state index contributed by atoms with van der Waals surface area (Å²) in [5, 5.41) is 0.568. The van der Waals surface area contributed by atoms with Crippen LogP contribution in [0.25, 0.3) is 0 Å². The van der Waals surface area contributed by atoms with Crippen LogP contribution in [0.3, 0.4) is 0 Å². The molecule has 5 nitrogen and oxygen atoms in total. The fraction of sp³-hybridized carbons (Fsp3) is 0.263. The van der Waals surface area contributed by atoms with E-state index in [-0.39, 0.29) is 21.3 Å². The number of nitrogens with one attached hydrogen (secondary N) is 2. The maximum atomic E-state index is 13.1. The zero-order valence-electron chi connectivity index (χ0n) is 14.9. The quantitative estimate of drug-likeness (QED) is 0.666. The molecule has 1 saturated heterocycles. The number of halogens is 5. The Hall–Kier alpha value is -2.45. The van der Waals surface area contributed by atoms with E-state index in [2.05, 4.69) is 10.9 Å². The van der Waals surface area contributed by atoms with Gasteiger partial charge in [-0.25, -0.2) is 0 Å². The van der Waals surface area contributed by atoms with E-state index in [1.165, 1.54) is 41.3 Å². The van der Waals surface area contributed by atoms with Crippen LogP contribution >= 0.6 is 23.2 Å². The summed E-state index contributed by atoms with van der Waals surface area (Å²) in [6.07, 6.45) is -3.61. The van der Waals surface area contributed by atoms with Crippen LogP contribution in [0.15, 0.2) is 42.5 Å². The molecule has 1 unspecified atom stereocenters. The van der Waals surface area contributed by atoms with E-state index in [0.29, 0.717) is 19.4 Å². The average molecular weight is 446 g/mol. The lowest BCUT2D eigenvalue weighted by Crippen LogP contribution is -2.47. The minimum atomic E-state index is -4.57. The first kappa shape index (κ1) is 21.3. The highest BCUT2D eigenvalue weighted by atomic mass is 35.5. The number of likely N-dealkylation sites (tertiary alicyclic amines) is 1. The molecule has 0 saturated carbocycles. The van der Waals surface area contributed by atoms with Crippen molar-refractivity contribution >= 4 is 40.7 Å². The van der Waals surface area contributed by atoms with E-state index >= 15 is 0 Å². The summed E-state index contributed by atoms with van der Waals surface area (Å²) in [6, 6.07) is 8.32. The molecule has 0 bridgehead atoms. The second kappa shape index (κ2) is 8.51. The lowest BCUT2D eigenvalue weighted by atomic mass is 10.1. The molecule has 2 N–H and O–H groups in total. The van der Waals surface area contributed by atoms with Crippen molar-refractivity contribution in [2.75, 3.05) is 12.0 Å². The first-order valence-corrected chi connectivity index (χ1v) is 9.41. The fourth-order valence-electron chi connectivity index (χ4n) is 3.18. The minimum Gasteiger partial charge on any atom is -0.327 e. The van der Waals surface area contributed by atoms with E-state index in [9.17, 15) is 22.8 Å². The highest BCUT2D eigenvalue weighted by Gasteiger charge is 2.36. The molecule has 2 aromatic carbocycles. The Balaban J connectivity index is 1.72. The molecule has 1 fully saturated rings. The molecule has 1 heterocycles. The molecule has 2 aromatic rings. The largest absolute Gasteiger partial charge is 0.418 e. The molecule has 0 spiro atoms. The first-order chi connectivity index (χ1) is 13.7. The number of para-hydroxylation sites is 1. The van der Waals surface area contributed by atoms with Gasteiger partial charge >= 0.3 is 6.18 Å². The normalized spacial score (nSPS) is 16.6. The zero-order valence-corrected chi connectivity index (χ0v) is 16.4. The van der Waals surface area contributed by atoms with Gasteiger partial charge in [-0.2, -0.15) is 13.2 Å². The number of alkyl halides is 3. The Labute approximate surface area is 174 Å². The summed E-state index contributed by atoms with van der Waals surface area (Å²) in [6.45, 7) is 0.334. The van der Waals surface area contributed by atoms with Crippen molar-refractivity contribution in [2.45, 2.75) is 25.1 Å². The van der Waals surface area contributed by atoms with Crippen LogP contribution in [-0.4, -0.2) is 29.3 Å². The van der Waals surface area contributed by atoms with Crippen LogP contribution in [0, 0.1) is 0 Å². The van der Waals surface area contributed by atoms with Crippen molar-refractivity contribution < 1.29 is 22.8 Å². The number of nitrogens with zero attached hydrogens (tertiary/aromatic N) is 1. The van der Waals surface area contributed by atoms with Gasteiger partial charge in [-0.3, -0.25) is 20.4 Å². The van der Waals surface area contributed by atoms with Crippen LogP contribution in [0.1, 0.15) is 28.8 Å². The third kappa shape index (κ3) is 4.94. The van der Waals surface area contributed by atoms with Crippen molar-refractivity contribution in [3.05, 3.63) is 63.6 Å². The van der Waals surface area contributed by atoms with Gasteiger partial charge < -0.3 is 4.90 Å².